The van der Waals surface area contributed by atoms with Crippen molar-refractivity contribution in [1.82, 2.24) is 10.2 Å². The van der Waals surface area contributed by atoms with Gasteiger partial charge in [0.05, 0.1) is 11.9 Å². The van der Waals surface area contributed by atoms with E-state index in [2.05, 4.69) is 5.32 Å². The summed E-state index contributed by atoms with van der Waals surface area (Å²) in [7, 11) is -3.77. The minimum atomic E-state index is -3.77. The van der Waals surface area contributed by atoms with Crippen LogP contribution < -0.4 is 9.62 Å². The number of carbonyl (C=O) groups excluding carboxylic acids is 2. The van der Waals surface area contributed by atoms with E-state index in [9.17, 15) is 18.0 Å². The van der Waals surface area contributed by atoms with E-state index in [1.165, 1.54) is 4.90 Å². The number of anilines is 1. The van der Waals surface area contributed by atoms with Gasteiger partial charge in [-0.05, 0) is 44.0 Å². The second-order valence-corrected chi connectivity index (χ2v) is 11.4. The maximum absolute atomic E-state index is 13.9. The van der Waals surface area contributed by atoms with Crippen molar-refractivity contribution < 1.29 is 18.0 Å². The van der Waals surface area contributed by atoms with Gasteiger partial charge in [0.2, 0.25) is 21.8 Å². The number of sulfonamides is 1. The minimum absolute atomic E-state index is 0.125. The summed E-state index contributed by atoms with van der Waals surface area (Å²) in [5.41, 5.74) is 3.11. The average Bonchev–Trinajstić information content (AvgIpc) is 2.85. The Labute approximate surface area is 220 Å². The third-order valence-corrected chi connectivity index (χ3v) is 7.04. The number of hydrogen-bond donors (Lipinski definition) is 1. The summed E-state index contributed by atoms with van der Waals surface area (Å²) in [5, 5.41) is 2.94. The first-order valence-electron chi connectivity index (χ1n) is 12.3. The van der Waals surface area contributed by atoms with E-state index in [0.29, 0.717) is 12.1 Å². The maximum atomic E-state index is 13.9. The van der Waals surface area contributed by atoms with Gasteiger partial charge in [-0.3, -0.25) is 13.9 Å². The second-order valence-electron chi connectivity index (χ2n) is 9.48. The van der Waals surface area contributed by atoms with Crippen molar-refractivity contribution in [3.8, 4) is 0 Å². The zero-order valence-corrected chi connectivity index (χ0v) is 22.6. The Morgan fingerprint density at radius 3 is 1.89 bits per heavy atom. The van der Waals surface area contributed by atoms with Gasteiger partial charge in [0, 0.05) is 19.0 Å². The summed E-state index contributed by atoms with van der Waals surface area (Å²) in [4.78, 5) is 28.8. The van der Waals surface area contributed by atoms with E-state index in [-0.39, 0.29) is 18.5 Å². The lowest BCUT2D eigenvalue weighted by atomic mass is 10.0. The molecule has 0 saturated carbocycles. The van der Waals surface area contributed by atoms with Gasteiger partial charge in [-0.2, -0.15) is 0 Å². The molecule has 0 bridgehead atoms. The predicted octanol–water partition coefficient (Wildman–Crippen LogP) is 3.93. The SMILES string of the molecule is Cc1ccc(N(CC(=O)N(Cc2ccccc2)[C@@H](Cc2ccccc2)C(=O)NC(C)C)S(C)(=O)=O)cc1. The lowest BCUT2D eigenvalue weighted by molar-refractivity contribution is -0.140. The molecule has 0 aliphatic carbocycles. The van der Waals surface area contributed by atoms with Crippen LogP contribution in [0.5, 0.6) is 0 Å². The van der Waals surface area contributed by atoms with E-state index in [1.807, 2.05) is 81.4 Å². The topological polar surface area (TPSA) is 86.8 Å². The van der Waals surface area contributed by atoms with Gasteiger partial charge < -0.3 is 10.2 Å². The molecule has 0 aromatic heterocycles. The number of benzene rings is 3. The summed E-state index contributed by atoms with van der Waals surface area (Å²) in [6.07, 6.45) is 1.37. The highest BCUT2D eigenvalue weighted by Crippen LogP contribution is 2.21. The number of carbonyl (C=O) groups is 2. The molecule has 0 aliphatic heterocycles. The molecular formula is C29H35N3O4S. The molecule has 196 valence electrons. The molecule has 0 unspecified atom stereocenters. The molecule has 1 N–H and O–H groups in total. The van der Waals surface area contributed by atoms with Crippen LogP contribution in [0.4, 0.5) is 5.69 Å². The number of hydrogen-bond acceptors (Lipinski definition) is 4. The van der Waals surface area contributed by atoms with Gasteiger partial charge in [-0.25, -0.2) is 8.42 Å². The molecule has 3 rings (SSSR count). The first-order valence-corrected chi connectivity index (χ1v) is 14.1. The van der Waals surface area contributed by atoms with E-state index in [0.717, 1.165) is 27.3 Å². The molecule has 3 aromatic carbocycles. The Hall–Kier alpha value is -3.65. The zero-order valence-electron chi connectivity index (χ0n) is 21.8. The molecule has 0 spiro atoms. The van der Waals surface area contributed by atoms with Crippen molar-refractivity contribution in [2.24, 2.45) is 0 Å². The van der Waals surface area contributed by atoms with E-state index >= 15 is 0 Å². The molecule has 3 aromatic rings. The Balaban J connectivity index is 2.02. The van der Waals surface area contributed by atoms with Crippen LogP contribution >= 0.6 is 0 Å². The molecule has 0 saturated heterocycles. The molecule has 2 amide bonds. The molecule has 0 radical (unpaired) electrons. The number of rotatable bonds is 11. The van der Waals surface area contributed by atoms with Crippen LogP contribution in [-0.4, -0.2) is 50.0 Å². The standard InChI is InChI=1S/C29H35N3O4S/c1-22(2)30-29(34)27(19-24-11-7-5-8-12-24)31(20-25-13-9-6-10-14-25)28(33)21-32(37(4,35)36)26-17-15-23(3)16-18-26/h5-18,22,27H,19-21H2,1-4H3,(H,30,34)/t27-/m0/s1. The van der Waals surface area contributed by atoms with Crippen molar-refractivity contribution >= 4 is 27.5 Å². The van der Waals surface area contributed by atoms with Crippen LogP contribution in [0.2, 0.25) is 0 Å². The van der Waals surface area contributed by atoms with Crippen molar-refractivity contribution in [2.45, 2.75) is 45.8 Å². The third kappa shape index (κ3) is 8.18. The molecule has 1 atom stereocenters. The van der Waals surface area contributed by atoms with Crippen LogP contribution in [0.15, 0.2) is 84.9 Å². The van der Waals surface area contributed by atoms with Gasteiger partial charge >= 0.3 is 0 Å². The Bertz CT molecular complexity index is 1280. The fourth-order valence-electron chi connectivity index (χ4n) is 4.04. The second kappa shape index (κ2) is 12.5. The van der Waals surface area contributed by atoms with Crippen molar-refractivity contribution in [2.75, 3.05) is 17.1 Å². The van der Waals surface area contributed by atoms with Gasteiger partial charge in [0.25, 0.3) is 0 Å². The van der Waals surface area contributed by atoms with Gasteiger partial charge in [-0.1, -0.05) is 78.4 Å². The highest BCUT2D eigenvalue weighted by molar-refractivity contribution is 7.92. The molecule has 7 nitrogen and oxygen atoms in total. The highest BCUT2D eigenvalue weighted by atomic mass is 32.2. The summed E-state index contributed by atoms with van der Waals surface area (Å²) in [5.74, 6) is -0.751. The smallest absolute Gasteiger partial charge is 0.244 e. The monoisotopic (exact) mass is 521 g/mol. The first kappa shape index (κ1) is 27.9. The number of nitrogens with zero attached hydrogens (tertiary/aromatic N) is 2. The van der Waals surface area contributed by atoms with E-state index in [1.54, 1.807) is 24.3 Å². The molecule has 0 aliphatic rings. The Kier molecular flexibility index (Phi) is 9.47. The Morgan fingerprint density at radius 2 is 1.38 bits per heavy atom. The summed E-state index contributed by atoms with van der Waals surface area (Å²) in [6.45, 7) is 5.37. The summed E-state index contributed by atoms with van der Waals surface area (Å²) >= 11 is 0. The lowest BCUT2D eigenvalue weighted by Gasteiger charge is -2.34. The van der Waals surface area contributed by atoms with Crippen LogP contribution in [0, 0.1) is 6.92 Å². The summed E-state index contributed by atoms with van der Waals surface area (Å²) < 4.78 is 26.6. The average molecular weight is 522 g/mol. The lowest BCUT2D eigenvalue weighted by Crippen LogP contribution is -2.54. The fourth-order valence-corrected chi connectivity index (χ4v) is 4.89. The predicted molar refractivity (Wildman–Crippen MR) is 148 cm³/mol. The zero-order chi connectivity index (χ0) is 27.0. The number of aryl methyl sites for hydroxylation is 1. The van der Waals surface area contributed by atoms with Crippen LogP contribution in [-0.2, 0) is 32.6 Å². The molecule has 0 fully saturated rings. The van der Waals surface area contributed by atoms with E-state index in [4.69, 9.17) is 0 Å². The molecule has 8 heteroatoms. The third-order valence-electron chi connectivity index (χ3n) is 5.90. The molecule has 37 heavy (non-hydrogen) atoms. The van der Waals surface area contributed by atoms with Gasteiger partial charge in [0.1, 0.15) is 12.6 Å². The Morgan fingerprint density at radius 1 is 0.838 bits per heavy atom. The summed E-state index contributed by atoms with van der Waals surface area (Å²) in [6, 6.07) is 24.9. The van der Waals surface area contributed by atoms with Crippen molar-refractivity contribution in [3.05, 3.63) is 102 Å². The maximum Gasteiger partial charge on any atom is 0.244 e. The molecule has 0 heterocycles. The molecular weight excluding hydrogens is 486 g/mol. The minimum Gasteiger partial charge on any atom is -0.352 e. The number of amides is 2. The largest absolute Gasteiger partial charge is 0.352 e. The van der Waals surface area contributed by atoms with Crippen molar-refractivity contribution in [3.63, 3.8) is 0 Å². The van der Waals surface area contributed by atoms with E-state index < -0.39 is 28.5 Å². The first-order chi connectivity index (χ1) is 17.5. The van der Waals surface area contributed by atoms with Crippen LogP contribution in [0.1, 0.15) is 30.5 Å². The van der Waals surface area contributed by atoms with Crippen molar-refractivity contribution in [1.29, 1.82) is 0 Å². The highest BCUT2D eigenvalue weighted by Gasteiger charge is 2.33. The number of nitrogens with one attached hydrogen (secondary N) is 1. The van der Waals surface area contributed by atoms with Crippen LogP contribution in [0.3, 0.4) is 0 Å². The van der Waals surface area contributed by atoms with Gasteiger partial charge in [-0.15, -0.1) is 0 Å². The van der Waals surface area contributed by atoms with Crippen LogP contribution in [0.25, 0.3) is 0 Å². The quantitative estimate of drug-likeness (QED) is 0.414. The normalized spacial score (nSPS) is 12.1. The van der Waals surface area contributed by atoms with Gasteiger partial charge in [0.15, 0.2) is 0 Å². The fraction of sp³-hybridized carbons (Fsp3) is 0.310.